The van der Waals surface area contributed by atoms with E-state index in [0.29, 0.717) is 11.8 Å². The highest BCUT2D eigenvalue weighted by molar-refractivity contribution is 7.72. The average molecular weight is 456 g/mol. The Morgan fingerprint density at radius 3 is 1.73 bits per heavy atom. The van der Waals surface area contributed by atoms with E-state index < -0.39 is 7.92 Å². The lowest BCUT2D eigenvalue weighted by atomic mass is 9.92. The van der Waals surface area contributed by atoms with Crippen LogP contribution in [0.5, 0.6) is 0 Å². The van der Waals surface area contributed by atoms with Crippen molar-refractivity contribution in [3.63, 3.8) is 0 Å². The minimum absolute atomic E-state index is 0.395. The molecule has 4 aromatic rings. The van der Waals surface area contributed by atoms with Crippen molar-refractivity contribution in [3.8, 4) is 5.69 Å². The summed E-state index contributed by atoms with van der Waals surface area (Å²) in [6.45, 7) is 12.4. The van der Waals surface area contributed by atoms with Crippen molar-refractivity contribution in [1.82, 2.24) is 4.57 Å². The number of hydrogen-bond acceptors (Lipinski definition) is 0. The summed E-state index contributed by atoms with van der Waals surface area (Å²) >= 11 is 0. The Kier molecular flexibility index (Phi) is 7.46. The fraction of sp³-hybridized carbons (Fsp3) is 0.300. The SMILES string of the molecule is Cc1n(-c2c(C(C)C)cccc2C(C)C)cc[n+]1CCP(c1ccccc1)c1ccccc1. The number of aromatic nitrogens is 2. The molecule has 0 radical (unpaired) electrons. The predicted molar refractivity (Wildman–Crippen MR) is 143 cm³/mol. The second kappa shape index (κ2) is 10.5. The zero-order valence-corrected chi connectivity index (χ0v) is 21.5. The molecule has 0 unspecified atom stereocenters. The van der Waals surface area contributed by atoms with E-state index in [9.17, 15) is 0 Å². The molecule has 0 fully saturated rings. The smallest absolute Gasteiger partial charge is 0.234 e. The van der Waals surface area contributed by atoms with Gasteiger partial charge in [0.2, 0.25) is 0 Å². The normalized spacial score (nSPS) is 11.6. The van der Waals surface area contributed by atoms with Gasteiger partial charge in [-0.3, -0.25) is 0 Å². The van der Waals surface area contributed by atoms with Gasteiger partial charge >= 0.3 is 0 Å². The minimum Gasteiger partial charge on any atom is -0.234 e. The molecule has 0 bridgehead atoms. The van der Waals surface area contributed by atoms with E-state index in [4.69, 9.17) is 0 Å². The maximum Gasteiger partial charge on any atom is 0.258 e. The lowest BCUT2D eigenvalue weighted by Gasteiger charge is -2.18. The van der Waals surface area contributed by atoms with Gasteiger partial charge in [-0.05, 0) is 30.4 Å². The highest BCUT2D eigenvalue weighted by Crippen LogP contribution is 2.34. The number of para-hydroxylation sites is 1. The van der Waals surface area contributed by atoms with Crippen molar-refractivity contribution in [2.24, 2.45) is 0 Å². The first kappa shape index (κ1) is 23.5. The molecule has 0 aliphatic heterocycles. The van der Waals surface area contributed by atoms with Crippen LogP contribution in [0.1, 0.15) is 56.5 Å². The summed E-state index contributed by atoms with van der Waals surface area (Å²) in [5, 5.41) is 2.90. The molecule has 2 nitrogen and oxygen atoms in total. The van der Waals surface area contributed by atoms with E-state index in [2.05, 4.69) is 135 Å². The van der Waals surface area contributed by atoms with Crippen LogP contribution in [0.25, 0.3) is 5.69 Å². The number of aryl methyl sites for hydroxylation is 1. The van der Waals surface area contributed by atoms with Crippen LogP contribution in [0.3, 0.4) is 0 Å². The highest BCUT2D eigenvalue weighted by Gasteiger charge is 2.24. The first-order chi connectivity index (χ1) is 16.0. The molecule has 0 N–H and O–H groups in total. The molecule has 0 saturated carbocycles. The van der Waals surface area contributed by atoms with Gasteiger partial charge in [0.15, 0.2) is 0 Å². The maximum atomic E-state index is 2.43. The number of benzene rings is 3. The molecule has 0 aliphatic rings. The third kappa shape index (κ3) is 5.12. The first-order valence-corrected chi connectivity index (χ1v) is 13.6. The predicted octanol–water partition coefficient (Wildman–Crippen LogP) is 6.45. The van der Waals surface area contributed by atoms with Gasteiger partial charge in [0, 0.05) is 24.2 Å². The van der Waals surface area contributed by atoms with E-state index >= 15 is 0 Å². The third-order valence-electron chi connectivity index (χ3n) is 6.44. The molecule has 0 spiro atoms. The van der Waals surface area contributed by atoms with Crippen molar-refractivity contribution in [1.29, 1.82) is 0 Å². The van der Waals surface area contributed by atoms with Crippen LogP contribution in [0, 0.1) is 6.92 Å². The second-order valence-electron chi connectivity index (χ2n) is 9.33. The zero-order chi connectivity index (χ0) is 23.4. The van der Waals surface area contributed by atoms with Gasteiger partial charge < -0.3 is 0 Å². The van der Waals surface area contributed by atoms with Crippen LogP contribution in [0.4, 0.5) is 0 Å². The molecule has 4 rings (SSSR count). The summed E-state index contributed by atoms with van der Waals surface area (Å²) in [4.78, 5) is 0. The summed E-state index contributed by atoms with van der Waals surface area (Å²) in [6, 6.07) is 28.8. The molecule has 1 aromatic heterocycles. The Bertz CT molecular complexity index is 1110. The summed E-state index contributed by atoms with van der Waals surface area (Å²) in [6.07, 6.45) is 5.65. The summed E-state index contributed by atoms with van der Waals surface area (Å²) in [5.41, 5.74) is 4.21. The van der Waals surface area contributed by atoms with Crippen molar-refractivity contribution < 1.29 is 4.57 Å². The van der Waals surface area contributed by atoms with E-state index in [1.165, 1.54) is 33.2 Å². The Morgan fingerprint density at radius 2 is 1.24 bits per heavy atom. The van der Waals surface area contributed by atoms with Crippen molar-refractivity contribution in [3.05, 3.63) is 108 Å². The Morgan fingerprint density at radius 1 is 0.727 bits per heavy atom. The van der Waals surface area contributed by atoms with Gasteiger partial charge in [-0.15, -0.1) is 0 Å². The van der Waals surface area contributed by atoms with E-state index in [-0.39, 0.29) is 0 Å². The zero-order valence-electron chi connectivity index (χ0n) is 20.6. The molecule has 3 aromatic carbocycles. The Labute approximate surface area is 200 Å². The van der Waals surface area contributed by atoms with Gasteiger partial charge in [0.05, 0.1) is 6.54 Å². The Hall–Kier alpha value is -2.70. The lowest BCUT2D eigenvalue weighted by molar-refractivity contribution is -0.697. The van der Waals surface area contributed by atoms with Crippen molar-refractivity contribution in [2.75, 3.05) is 6.16 Å². The van der Waals surface area contributed by atoms with Gasteiger partial charge in [-0.2, -0.15) is 4.57 Å². The van der Waals surface area contributed by atoms with Crippen LogP contribution in [-0.2, 0) is 6.54 Å². The van der Waals surface area contributed by atoms with Crippen LogP contribution in [0.15, 0.2) is 91.3 Å². The molecule has 3 heteroatoms. The summed E-state index contributed by atoms with van der Waals surface area (Å²) in [7, 11) is -0.395. The van der Waals surface area contributed by atoms with E-state index in [1.807, 2.05) is 0 Å². The number of hydrogen-bond donors (Lipinski definition) is 0. The molecule has 0 aliphatic carbocycles. The average Bonchev–Trinajstić information content (AvgIpc) is 3.20. The molecular formula is C30H36N2P+. The molecule has 0 saturated heterocycles. The van der Waals surface area contributed by atoms with Gasteiger partial charge in [0.1, 0.15) is 18.1 Å². The second-order valence-corrected chi connectivity index (χ2v) is 11.7. The molecule has 33 heavy (non-hydrogen) atoms. The van der Waals surface area contributed by atoms with Crippen LogP contribution < -0.4 is 15.2 Å². The van der Waals surface area contributed by atoms with Crippen molar-refractivity contribution >= 4 is 18.5 Å². The standard InChI is InChI=1S/C30H36N2P/c1-23(2)28-17-12-18-29(24(3)4)30(28)32-20-19-31(25(32)5)21-22-33(26-13-8-6-9-14-26)27-15-10-7-11-16-27/h6-20,23-24H,21-22H2,1-5H3/q+1. The number of imidazole rings is 1. The Balaban J connectivity index is 1.67. The molecule has 1 heterocycles. The van der Waals surface area contributed by atoms with Gasteiger partial charge in [-0.25, -0.2) is 4.57 Å². The van der Waals surface area contributed by atoms with Gasteiger partial charge in [-0.1, -0.05) is 107 Å². The van der Waals surface area contributed by atoms with Crippen molar-refractivity contribution in [2.45, 2.75) is 53.0 Å². The third-order valence-corrected chi connectivity index (χ3v) is 8.93. The molecule has 0 amide bonds. The largest absolute Gasteiger partial charge is 0.258 e. The summed E-state index contributed by atoms with van der Waals surface area (Å²) in [5.74, 6) is 2.26. The fourth-order valence-corrected chi connectivity index (χ4v) is 6.89. The monoisotopic (exact) mass is 455 g/mol. The molecular weight excluding hydrogens is 419 g/mol. The molecule has 0 atom stereocenters. The molecule has 170 valence electrons. The minimum atomic E-state index is -0.395. The fourth-order valence-electron chi connectivity index (χ4n) is 4.59. The summed E-state index contributed by atoms with van der Waals surface area (Å²) < 4.78 is 4.85. The maximum absolute atomic E-state index is 2.43. The topological polar surface area (TPSA) is 8.81 Å². The van der Waals surface area contributed by atoms with Gasteiger partial charge in [0.25, 0.3) is 5.82 Å². The van der Waals surface area contributed by atoms with E-state index in [0.717, 1.165) is 12.7 Å². The first-order valence-electron chi connectivity index (χ1n) is 12.1. The lowest BCUT2D eigenvalue weighted by Crippen LogP contribution is -2.38. The number of nitrogens with zero attached hydrogens (tertiary/aromatic N) is 2. The van der Waals surface area contributed by atoms with E-state index in [1.54, 1.807) is 0 Å². The number of rotatable bonds is 8. The van der Waals surface area contributed by atoms with Crippen LogP contribution in [0.2, 0.25) is 0 Å². The van der Waals surface area contributed by atoms with Crippen LogP contribution >= 0.6 is 7.92 Å². The van der Waals surface area contributed by atoms with Crippen LogP contribution in [-0.4, -0.2) is 10.7 Å². The highest BCUT2D eigenvalue weighted by atomic mass is 31.1. The quantitative estimate of drug-likeness (QED) is 0.213.